The molecule has 6 atom stereocenters. The second-order valence-electron chi connectivity index (χ2n) is 20.6. The second-order valence-corrected chi connectivity index (χ2v) is 20.6. The number of benzene rings is 5. The summed E-state index contributed by atoms with van der Waals surface area (Å²) < 4.78 is 21.5. The summed E-state index contributed by atoms with van der Waals surface area (Å²) in [5.41, 5.74) is 5.22. The van der Waals surface area contributed by atoms with Gasteiger partial charge < -0.3 is 34.2 Å². The third-order valence-electron chi connectivity index (χ3n) is 15.5. The highest BCUT2D eigenvalue weighted by molar-refractivity contribution is 6.03. The zero-order chi connectivity index (χ0) is 51.5. The number of allylic oxidation sites excluding steroid dienone is 1. The molecule has 10 nitrogen and oxygen atoms in total. The number of unbranched alkanes of at least 4 members (excludes halogenated alkanes) is 10. The first-order valence-corrected chi connectivity index (χ1v) is 27.6. The molecule has 0 bridgehead atoms. The van der Waals surface area contributed by atoms with Gasteiger partial charge in [0.1, 0.15) is 36.2 Å². The molecule has 1 amide bonds. The summed E-state index contributed by atoms with van der Waals surface area (Å²) >= 11 is 0. The normalized spacial score (nSPS) is 21.3. The smallest absolute Gasteiger partial charge is 0.239 e. The molecule has 392 valence electrons. The molecule has 3 aliphatic rings. The minimum Gasteiger partial charge on any atom is -0.459 e. The average molecular weight is 1000 g/mol. The number of nitrogens with zero attached hydrogens (tertiary/aromatic N) is 2. The van der Waals surface area contributed by atoms with Crippen molar-refractivity contribution >= 4 is 28.7 Å². The Balaban J connectivity index is 1.29. The van der Waals surface area contributed by atoms with Crippen LogP contribution in [0.3, 0.4) is 0 Å². The summed E-state index contributed by atoms with van der Waals surface area (Å²) in [4.78, 5) is 35.9. The number of amides is 1. The van der Waals surface area contributed by atoms with Crippen LogP contribution >= 0.6 is 0 Å². The molecule has 0 aromatic heterocycles. The molecular formula is C64H78N2O8. The number of aliphatic hydroxyl groups is 2. The van der Waals surface area contributed by atoms with Crippen LogP contribution < -0.4 is 9.47 Å². The van der Waals surface area contributed by atoms with Crippen molar-refractivity contribution in [3.05, 3.63) is 162 Å². The van der Waals surface area contributed by atoms with E-state index < -0.39 is 17.7 Å². The minimum absolute atomic E-state index is 0.0337. The molecule has 74 heavy (non-hydrogen) atoms. The summed E-state index contributed by atoms with van der Waals surface area (Å²) in [6, 6.07) is 37.1. The number of carbonyl (C=O) groups is 2. The summed E-state index contributed by atoms with van der Waals surface area (Å²) in [7, 11) is 0. The first-order valence-electron chi connectivity index (χ1n) is 27.6. The molecule has 5 aromatic rings. The first-order chi connectivity index (χ1) is 36.4. The Hall–Kier alpha value is -6.07. The maximum absolute atomic E-state index is 15.6. The van der Waals surface area contributed by atoms with Gasteiger partial charge in [0.25, 0.3) is 0 Å². The SMILES string of the molecule is C=CCO[C@@]12Oc3ccc(Oc4cccc(C=O)c4)cc3[C@H]3[C@H](CCCCO)[C@@H](CCCCO)C=C(C(=NOCc4ccccc4)C[C@@H]1N(Cc1cccc4ccccc14)C(=O)CCCCCCCCCCC)[C@H]32. The maximum Gasteiger partial charge on any atom is 0.239 e. The molecule has 1 aliphatic heterocycles. The van der Waals surface area contributed by atoms with Gasteiger partial charge in [0, 0.05) is 49.6 Å². The Morgan fingerprint density at radius 2 is 1.51 bits per heavy atom. The van der Waals surface area contributed by atoms with Crippen LogP contribution in [0.2, 0.25) is 0 Å². The average Bonchev–Trinajstić information content (AvgIpc) is 3.46. The number of carbonyl (C=O) groups excluding carboxylic acids is 2. The van der Waals surface area contributed by atoms with Crippen LogP contribution in [0.15, 0.2) is 145 Å². The van der Waals surface area contributed by atoms with Crippen LogP contribution in [0, 0.1) is 17.8 Å². The van der Waals surface area contributed by atoms with Crippen molar-refractivity contribution in [1.29, 1.82) is 0 Å². The van der Waals surface area contributed by atoms with E-state index in [9.17, 15) is 15.0 Å². The van der Waals surface area contributed by atoms with Gasteiger partial charge >= 0.3 is 0 Å². The molecule has 0 saturated heterocycles. The van der Waals surface area contributed by atoms with Gasteiger partial charge in [0.05, 0.1) is 18.2 Å². The topological polar surface area (TPSA) is 127 Å². The fourth-order valence-corrected chi connectivity index (χ4v) is 12.0. The summed E-state index contributed by atoms with van der Waals surface area (Å²) in [5, 5.41) is 27.5. The number of aldehydes is 1. The Bertz CT molecular complexity index is 2660. The largest absolute Gasteiger partial charge is 0.459 e. The summed E-state index contributed by atoms with van der Waals surface area (Å²) in [6.45, 7) is 7.34. The third kappa shape index (κ3) is 13.2. The molecule has 0 radical (unpaired) electrons. The van der Waals surface area contributed by atoms with E-state index in [-0.39, 0.29) is 50.1 Å². The van der Waals surface area contributed by atoms with Crippen molar-refractivity contribution in [2.45, 2.75) is 147 Å². The molecule has 0 spiro atoms. The first kappa shape index (κ1) is 54.2. The van der Waals surface area contributed by atoms with Crippen LogP contribution in [0.4, 0.5) is 0 Å². The molecule has 1 heterocycles. The molecule has 2 aliphatic carbocycles. The zero-order valence-corrected chi connectivity index (χ0v) is 43.6. The van der Waals surface area contributed by atoms with Crippen LogP contribution in [0.5, 0.6) is 17.2 Å². The molecule has 0 unspecified atom stereocenters. The van der Waals surface area contributed by atoms with Crippen LogP contribution in [0.1, 0.15) is 149 Å². The Morgan fingerprint density at radius 3 is 2.28 bits per heavy atom. The van der Waals surface area contributed by atoms with Gasteiger partial charge in [-0.25, -0.2) is 0 Å². The predicted molar refractivity (Wildman–Crippen MR) is 294 cm³/mol. The monoisotopic (exact) mass is 1000 g/mol. The number of aliphatic hydroxyl groups excluding tert-OH is 2. The number of hydrogen-bond donors (Lipinski definition) is 2. The highest BCUT2D eigenvalue weighted by Gasteiger charge is 2.65. The highest BCUT2D eigenvalue weighted by Crippen LogP contribution is 2.62. The Morgan fingerprint density at radius 1 is 0.797 bits per heavy atom. The second kappa shape index (κ2) is 27.5. The molecule has 1 saturated carbocycles. The van der Waals surface area contributed by atoms with E-state index in [1.165, 1.54) is 38.5 Å². The number of oxime groups is 1. The zero-order valence-electron chi connectivity index (χ0n) is 43.6. The van der Waals surface area contributed by atoms with E-state index in [2.05, 4.69) is 62.0 Å². The van der Waals surface area contributed by atoms with Crippen molar-refractivity contribution in [2.75, 3.05) is 19.8 Å². The van der Waals surface area contributed by atoms with Gasteiger partial charge in [-0.3, -0.25) is 9.59 Å². The lowest BCUT2D eigenvalue weighted by Gasteiger charge is -2.60. The lowest BCUT2D eigenvalue weighted by Crippen LogP contribution is -2.70. The van der Waals surface area contributed by atoms with Crippen molar-refractivity contribution in [3.8, 4) is 17.2 Å². The lowest BCUT2D eigenvalue weighted by atomic mass is 9.55. The van der Waals surface area contributed by atoms with Gasteiger partial charge in [-0.2, -0.15) is 0 Å². The van der Waals surface area contributed by atoms with Crippen LogP contribution in [-0.2, 0) is 27.5 Å². The molecule has 8 rings (SSSR count). The summed E-state index contributed by atoms with van der Waals surface area (Å²) in [5.74, 6) is -0.221. The Labute approximate surface area is 439 Å². The number of ether oxygens (including phenoxy) is 3. The van der Waals surface area contributed by atoms with Crippen molar-refractivity contribution in [1.82, 2.24) is 4.90 Å². The van der Waals surface area contributed by atoms with Crippen LogP contribution in [-0.4, -0.2) is 64.7 Å². The molecule has 1 fully saturated rings. The Kier molecular flexibility index (Phi) is 20.1. The highest BCUT2D eigenvalue weighted by atomic mass is 16.7. The summed E-state index contributed by atoms with van der Waals surface area (Å²) in [6.07, 6.45) is 20.5. The third-order valence-corrected chi connectivity index (χ3v) is 15.5. The van der Waals surface area contributed by atoms with Gasteiger partial charge in [-0.15, -0.1) is 6.58 Å². The maximum atomic E-state index is 15.6. The van der Waals surface area contributed by atoms with Gasteiger partial charge in [-0.05, 0) is 102 Å². The quantitative estimate of drug-likeness (QED) is 0.0202. The van der Waals surface area contributed by atoms with Crippen LogP contribution in [0.25, 0.3) is 10.8 Å². The molecular weight excluding hydrogens is 925 g/mol. The number of fused-ring (bicyclic) bond motifs is 3. The standard InChI is InChI=1S/C64H78N2O8/c1-3-5-6-7-8-9-10-11-15-34-61(70)66(44-51-30-23-29-49-27-16-17-32-54(49)51)60-43-58(65-72-46-47-24-13-12-14-25-47)56-41-50(28-18-20-37-67)55(33-19-21-38-68)62-57-42-53(73-52-31-22-26-48(40-52)45-69)35-36-59(57)74-64(60,63(56)62)71-39-4-2/h4,12-14,16-17,22-27,29-32,35-36,40-42,45,50,55,60,62-63,67-68H,2-3,5-11,15,18-21,28,33-34,37-39,43-44,46H2,1H3/t50-,55+,60-,62+,63+,64+/m0/s1. The number of rotatable bonds is 30. The van der Waals surface area contributed by atoms with Gasteiger partial charge in [0.2, 0.25) is 11.7 Å². The van der Waals surface area contributed by atoms with E-state index in [0.29, 0.717) is 55.0 Å². The van der Waals surface area contributed by atoms with Gasteiger partial charge in [-0.1, -0.05) is 173 Å². The molecule has 2 N–H and O–H groups in total. The molecule has 10 heteroatoms. The van der Waals surface area contributed by atoms with E-state index in [0.717, 1.165) is 90.0 Å². The van der Waals surface area contributed by atoms with Crippen molar-refractivity contribution in [3.63, 3.8) is 0 Å². The lowest BCUT2D eigenvalue weighted by molar-refractivity contribution is -0.258. The molecule has 5 aromatic carbocycles. The predicted octanol–water partition coefficient (Wildman–Crippen LogP) is 14.2. The van der Waals surface area contributed by atoms with Crippen molar-refractivity contribution in [2.24, 2.45) is 22.9 Å². The fraction of sp³-hybridized carbons (Fsp3) is 0.453. The van der Waals surface area contributed by atoms with E-state index >= 15 is 4.79 Å². The van der Waals surface area contributed by atoms with E-state index in [1.54, 1.807) is 18.2 Å². The van der Waals surface area contributed by atoms with Crippen molar-refractivity contribution < 1.29 is 38.9 Å². The van der Waals surface area contributed by atoms with E-state index in [4.69, 9.17) is 24.2 Å². The van der Waals surface area contributed by atoms with E-state index in [1.807, 2.05) is 65.6 Å². The minimum atomic E-state index is -1.42. The fourth-order valence-electron chi connectivity index (χ4n) is 12.0. The number of hydrogen-bond acceptors (Lipinski definition) is 9. The van der Waals surface area contributed by atoms with Gasteiger partial charge in [0.15, 0.2) is 0 Å².